The maximum Gasteiger partial charge on any atom is 0.103 e. The molecule has 0 amide bonds. The molecule has 0 spiro atoms. The van der Waals surface area contributed by atoms with Crippen molar-refractivity contribution in [2.45, 2.75) is 0 Å². The van der Waals surface area contributed by atoms with Crippen LogP contribution in [-0.4, -0.2) is 4.57 Å². The van der Waals surface area contributed by atoms with Gasteiger partial charge in [-0.2, -0.15) is 21.0 Å². The number of aromatic nitrogens is 1. The van der Waals surface area contributed by atoms with Crippen LogP contribution in [0.1, 0.15) is 27.8 Å². The van der Waals surface area contributed by atoms with Crippen LogP contribution >= 0.6 is 0 Å². The minimum atomic E-state index is -0.0147. The Morgan fingerprint density at radius 3 is 1.40 bits per heavy atom. The van der Waals surface area contributed by atoms with E-state index in [-0.39, 0.29) is 33.5 Å². The summed E-state index contributed by atoms with van der Waals surface area (Å²) >= 11 is 0. The fourth-order valence-electron chi connectivity index (χ4n) is 7.86. The summed E-state index contributed by atoms with van der Waals surface area (Å²) in [5.41, 5.74) is 5.96. The van der Waals surface area contributed by atoms with Crippen LogP contribution in [0.15, 0.2) is 177 Å². The lowest BCUT2D eigenvalue weighted by Gasteiger charge is -2.21. The molecule has 5 heteroatoms. The monoisotopic (exact) mass is 725 g/mol. The van der Waals surface area contributed by atoms with E-state index in [4.69, 9.17) is 0 Å². The zero-order valence-electron chi connectivity index (χ0n) is 30.7. The molecule has 0 saturated carbocycles. The first-order chi connectivity index (χ1) is 28.1. The van der Waals surface area contributed by atoms with E-state index in [1.807, 2.05) is 83.4 Å². The number of fused-ring (bicyclic) bond motifs is 7. The standard InChI is InChI=1S/C52H31N5/c1-3-15-34(4-2)37-24-26-49-43(28-37)41-22-13-11-20-39(41)40-21-12-14-23-42(40)44-29-38(35-16-7-5-8-17-35)25-27-50(44)57(49)52-47(32-55)45(30-53)51(36-18-9-6-10-19-36)46(31-54)48(52)33-56/h3-29H,1-2H2/b34-15+. The summed E-state index contributed by atoms with van der Waals surface area (Å²) in [5.74, 6) is 0. The lowest BCUT2D eigenvalue weighted by molar-refractivity contribution is 1.14. The predicted octanol–water partition coefficient (Wildman–Crippen LogP) is 12.8. The van der Waals surface area contributed by atoms with E-state index in [2.05, 4.69) is 86.0 Å². The highest BCUT2D eigenvalue weighted by Crippen LogP contribution is 2.41. The highest BCUT2D eigenvalue weighted by Gasteiger charge is 2.28. The number of nitrogens with zero attached hydrogens (tertiary/aromatic N) is 5. The van der Waals surface area contributed by atoms with E-state index in [9.17, 15) is 21.0 Å². The highest BCUT2D eigenvalue weighted by molar-refractivity contribution is 6.20. The number of rotatable bonds is 6. The average molecular weight is 726 g/mol. The first-order valence-corrected chi connectivity index (χ1v) is 18.2. The maximum atomic E-state index is 11.2. The normalized spacial score (nSPS) is 11.0. The number of hydrogen-bond acceptors (Lipinski definition) is 4. The molecule has 0 aliphatic heterocycles. The Labute approximate surface area is 330 Å². The second kappa shape index (κ2) is 15.1. The lowest BCUT2D eigenvalue weighted by atomic mass is 9.87. The second-order valence-corrected chi connectivity index (χ2v) is 13.4. The molecule has 8 rings (SSSR count). The molecule has 0 unspecified atom stereocenters. The number of hydrogen-bond donors (Lipinski definition) is 0. The van der Waals surface area contributed by atoms with Crippen molar-refractivity contribution in [1.29, 1.82) is 21.0 Å². The molecule has 7 aromatic carbocycles. The van der Waals surface area contributed by atoms with Crippen molar-refractivity contribution in [3.63, 3.8) is 0 Å². The van der Waals surface area contributed by atoms with E-state index in [0.29, 0.717) is 16.6 Å². The third-order valence-corrected chi connectivity index (χ3v) is 10.4. The van der Waals surface area contributed by atoms with Crippen LogP contribution in [0.4, 0.5) is 0 Å². The molecule has 0 N–H and O–H groups in total. The summed E-state index contributed by atoms with van der Waals surface area (Å²) in [6, 6.07) is 56.9. The van der Waals surface area contributed by atoms with Gasteiger partial charge in [0.1, 0.15) is 24.3 Å². The molecule has 57 heavy (non-hydrogen) atoms. The average Bonchev–Trinajstić information content (AvgIpc) is 3.31. The Morgan fingerprint density at radius 1 is 0.456 bits per heavy atom. The molecule has 264 valence electrons. The highest BCUT2D eigenvalue weighted by atomic mass is 15.0. The molecule has 8 aromatic rings. The van der Waals surface area contributed by atoms with Crippen LogP contribution in [-0.2, 0) is 0 Å². The van der Waals surface area contributed by atoms with Gasteiger partial charge in [-0.15, -0.1) is 0 Å². The fraction of sp³-hybridized carbons (Fsp3) is 0. The predicted molar refractivity (Wildman–Crippen MR) is 232 cm³/mol. The van der Waals surface area contributed by atoms with Gasteiger partial charge in [0.25, 0.3) is 0 Å². The van der Waals surface area contributed by atoms with E-state index in [1.54, 1.807) is 36.4 Å². The van der Waals surface area contributed by atoms with Crippen LogP contribution in [0, 0.1) is 45.3 Å². The van der Waals surface area contributed by atoms with Gasteiger partial charge in [0, 0.05) is 16.3 Å². The van der Waals surface area contributed by atoms with Gasteiger partial charge < -0.3 is 4.57 Å². The van der Waals surface area contributed by atoms with Gasteiger partial charge >= 0.3 is 0 Å². The molecule has 0 fully saturated rings. The Bertz CT molecular complexity index is 3190. The van der Waals surface area contributed by atoms with Crippen LogP contribution in [0.3, 0.4) is 0 Å². The minimum Gasteiger partial charge on any atom is -0.307 e. The summed E-state index contributed by atoms with van der Waals surface area (Å²) in [6.07, 6.45) is 5.39. The van der Waals surface area contributed by atoms with E-state index < -0.39 is 0 Å². The van der Waals surface area contributed by atoms with Crippen molar-refractivity contribution in [3.8, 4) is 52.2 Å². The van der Waals surface area contributed by atoms with Gasteiger partial charge in [0.05, 0.1) is 39.0 Å². The first kappa shape index (κ1) is 35.5. The van der Waals surface area contributed by atoms with Crippen molar-refractivity contribution >= 4 is 48.9 Å². The first-order valence-electron chi connectivity index (χ1n) is 18.2. The van der Waals surface area contributed by atoms with Crippen LogP contribution in [0.25, 0.3) is 76.9 Å². The maximum absolute atomic E-state index is 11.2. The van der Waals surface area contributed by atoms with Gasteiger partial charge in [0.2, 0.25) is 0 Å². The molecule has 0 bridgehead atoms. The second-order valence-electron chi connectivity index (χ2n) is 13.4. The van der Waals surface area contributed by atoms with E-state index >= 15 is 0 Å². The Hall–Kier alpha value is -8.48. The summed E-state index contributed by atoms with van der Waals surface area (Å²) in [7, 11) is 0. The zero-order valence-corrected chi connectivity index (χ0v) is 30.7. The van der Waals surface area contributed by atoms with Crippen LogP contribution in [0.5, 0.6) is 0 Å². The largest absolute Gasteiger partial charge is 0.307 e. The van der Waals surface area contributed by atoms with Crippen molar-refractivity contribution in [1.82, 2.24) is 4.57 Å². The summed E-state index contributed by atoms with van der Waals surface area (Å²) in [5, 5.41) is 49.5. The Balaban J connectivity index is 1.75. The molecule has 1 heterocycles. The number of allylic oxidation sites excluding steroid dienone is 4. The smallest absolute Gasteiger partial charge is 0.103 e. The van der Waals surface area contributed by atoms with E-state index in [1.165, 1.54) is 0 Å². The third kappa shape index (κ3) is 5.96. The van der Waals surface area contributed by atoms with Crippen molar-refractivity contribution in [3.05, 3.63) is 205 Å². The number of nitriles is 4. The van der Waals surface area contributed by atoms with Crippen LogP contribution in [0.2, 0.25) is 0 Å². The SMILES string of the molecule is C=C/C=C(\C=C)c1ccc2c(c1)c1ccccc1c1ccccc1c1cc(-c3ccccc3)ccc1n2-c1c(C#N)c(C#N)c(-c2ccccc2)c(C#N)c1C#N. The quantitative estimate of drug-likeness (QED) is 0.159. The van der Waals surface area contributed by atoms with Gasteiger partial charge in [-0.3, -0.25) is 0 Å². The molecule has 0 atom stereocenters. The van der Waals surface area contributed by atoms with Crippen molar-refractivity contribution in [2.24, 2.45) is 0 Å². The minimum absolute atomic E-state index is 0.0124. The molecular formula is C52H31N5. The van der Waals surface area contributed by atoms with Crippen molar-refractivity contribution in [2.75, 3.05) is 0 Å². The molecule has 0 aliphatic carbocycles. The molecule has 1 aromatic heterocycles. The molecule has 0 radical (unpaired) electrons. The Morgan fingerprint density at radius 2 is 0.912 bits per heavy atom. The zero-order chi connectivity index (χ0) is 39.5. The summed E-state index contributed by atoms with van der Waals surface area (Å²) in [4.78, 5) is 0. The molecule has 0 aliphatic rings. The van der Waals surface area contributed by atoms with Gasteiger partial charge in [-0.05, 0) is 73.6 Å². The van der Waals surface area contributed by atoms with Gasteiger partial charge in [-0.1, -0.05) is 153 Å². The Kier molecular flexibility index (Phi) is 9.42. The third-order valence-electron chi connectivity index (χ3n) is 10.4. The molecular weight excluding hydrogens is 695 g/mol. The molecule has 0 saturated heterocycles. The lowest BCUT2D eigenvalue weighted by Crippen LogP contribution is -2.10. The van der Waals surface area contributed by atoms with Crippen LogP contribution < -0.4 is 0 Å². The topological polar surface area (TPSA) is 100 Å². The number of benzene rings is 7. The molecule has 5 nitrogen and oxygen atoms in total. The summed E-state index contributed by atoms with van der Waals surface area (Å²) < 4.78 is 1.90. The summed E-state index contributed by atoms with van der Waals surface area (Å²) in [6.45, 7) is 7.99. The van der Waals surface area contributed by atoms with Gasteiger partial charge in [0.15, 0.2) is 0 Å². The van der Waals surface area contributed by atoms with Gasteiger partial charge in [-0.25, -0.2) is 0 Å². The van der Waals surface area contributed by atoms with E-state index in [0.717, 1.165) is 54.6 Å². The van der Waals surface area contributed by atoms with Crippen molar-refractivity contribution < 1.29 is 0 Å². The fourth-order valence-corrected chi connectivity index (χ4v) is 7.86.